The van der Waals surface area contributed by atoms with Crippen LogP contribution >= 0.6 is 46.4 Å². The Morgan fingerprint density at radius 3 is 1.23 bits per heavy atom. The van der Waals surface area contributed by atoms with Gasteiger partial charge in [-0.2, -0.15) is 20.5 Å². The van der Waals surface area contributed by atoms with Gasteiger partial charge in [0.1, 0.15) is 0 Å². The molecule has 0 aromatic heterocycles. The lowest BCUT2D eigenvalue weighted by atomic mass is 10.1. The van der Waals surface area contributed by atoms with Gasteiger partial charge < -0.3 is 21.3 Å². The average molecular weight is 889 g/mol. The molecule has 0 saturated heterocycles. The number of amides is 4. The van der Waals surface area contributed by atoms with Gasteiger partial charge in [0.15, 0.2) is 11.6 Å². The molecule has 60 heavy (non-hydrogen) atoms. The molecule has 5 aromatic rings. The molecule has 0 spiro atoms. The fourth-order valence-corrected chi connectivity index (χ4v) is 6.21. The fourth-order valence-electron chi connectivity index (χ4n) is 5.34. The van der Waals surface area contributed by atoms with Crippen molar-refractivity contribution in [3.63, 3.8) is 0 Å². The molecule has 4 N–H and O–H groups in total. The topological polar surface area (TPSA) is 200 Å². The smallest absolute Gasteiger partial charge is 0.258 e. The van der Waals surface area contributed by atoms with Crippen molar-refractivity contribution in [2.24, 2.45) is 20.5 Å². The summed E-state index contributed by atoms with van der Waals surface area (Å²) in [4.78, 5) is 77.2. The maximum Gasteiger partial charge on any atom is 0.258 e. The average Bonchev–Trinajstić information content (AvgIpc) is 3.22. The van der Waals surface area contributed by atoms with Crippen LogP contribution in [0.4, 0.5) is 34.1 Å². The highest BCUT2D eigenvalue weighted by atomic mass is 35.5. The molecule has 306 valence electrons. The summed E-state index contributed by atoms with van der Waals surface area (Å²) in [5, 5.41) is 26.9. The van der Waals surface area contributed by atoms with Crippen molar-refractivity contribution >= 4 is 116 Å². The first-order valence-electron chi connectivity index (χ1n) is 17.8. The summed E-state index contributed by atoms with van der Waals surface area (Å²) in [6, 6.07) is 25.2. The number of ketones is 2. The van der Waals surface area contributed by atoms with Crippen molar-refractivity contribution in [3.05, 3.63) is 141 Å². The van der Waals surface area contributed by atoms with E-state index in [1.807, 2.05) is 0 Å². The molecule has 0 heterocycles. The van der Waals surface area contributed by atoms with E-state index in [1.165, 1.54) is 74.5 Å². The molecule has 14 nitrogen and oxygen atoms in total. The fraction of sp³-hybridized carbons (Fsp3) is 0.143. The Labute approximate surface area is 363 Å². The van der Waals surface area contributed by atoms with Crippen LogP contribution in [0.5, 0.6) is 0 Å². The standard InChI is InChI=1S/C42H34Cl4N8O6/c1-23(55)37(53-51-29-15-17-33(45)31(19-29)39(57)49-35-9-5-3-7-25(35)21-43)41(59)47-27-11-13-28(14-12-27)48-42(60)38(24(2)56)54-52-30-16-18-34(46)32(20-30)40(58)50-36-10-6-4-8-26(36)22-44/h3-20,37-38H,21-22H2,1-2H3,(H,47,59)(H,48,60)(H,49,57)(H,50,58). The van der Waals surface area contributed by atoms with Crippen molar-refractivity contribution in [3.8, 4) is 0 Å². The van der Waals surface area contributed by atoms with Crippen molar-refractivity contribution in [2.45, 2.75) is 37.7 Å². The highest BCUT2D eigenvalue weighted by Gasteiger charge is 2.25. The summed E-state index contributed by atoms with van der Waals surface area (Å²) >= 11 is 24.6. The lowest BCUT2D eigenvalue weighted by molar-refractivity contribution is -0.127. The molecule has 0 saturated carbocycles. The van der Waals surface area contributed by atoms with Crippen LogP contribution < -0.4 is 21.3 Å². The van der Waals surface area contributed by atoms with Gasteiger partial charge in [-0.05, 0) is 97.8 Å². The monoisotopic (exact) mass is 886 g/mol. The highest BCUT2D eigenvalue weighted by Crippen LogP contribution is 2.28. The van der Waals surface area contributed by atoms with E-state index < -0.39 is 47.3 Å². The number of hydrogen-bond acceptors (Lipinski definition) is 10. The second kappa shape index (κ2) is 21.1. The van der Waals surface area contributed by atoms with Crippen LogP contribution in [0.15, 0.2) is 130 Å². The van der Waals surface area contributed by atoms with Gasteiger partial charge in [0, 0.05) is 34.5 Å². The number of carbonyl (C=O) groups excluding carboxylic acids is 6. The first kappa shape index (κ1) is 44.8. The third-order valence-corrected chi connectivity index (χ3v) is 9.71. The van der Waals surface area contributed by atoms with Crippen molar-refractivity contribution in [1.82, 2.24) is 0 Å². The molecule has 0 bridgehead atoms. The quantitative estimate of drug-likeness (QED) is 0.0431. The predicted molar refractivity (Wildman–Crippen MR) is 232 cm³/mol. The lowest BCUT2D eigenvalue weighted by Gasteiger charge is -2.12. The molecule has 5 aromatic carbocycles. The number of para-hydroxylation sites is 2. The Morgan fingerprint density at radius 2 is 0.883 bits per heavy atom. The second-order valence-corrected chi connectivity index (χ2v) is 14.2. The number of alkyl halides is 2. The molecular formula is C42H34Cl4N8O6. The van der Waals surface area contributed by atoms with Crippen LogP contribution in [0.2, 0.25) is 10.0 Å². The normalized spacial score (nSPS) is 12.1. The summed E-state index contributed by atoms with van der Waals surface area (Å²) in [5.74, 6) is -3.53. The zero-order valence-corrected chi connectivity index (χ0v) is 34.7. The van der Waals surface area contributed by atoms with Gasteiger partial charge in [-0.3, -0.25) is 28.8 Å². The largest absolute Gasteiger partial charge is 0.324 e. The minimum atomic E-state index is -1.55. The summed E-state index contributed by atoms with van der Waals surface area (Å²) in [6.45, 7) is 2.35. The number of nitrogens with one attached hydrogen (secondary N) is 4. The van der Waals surface area contributed by atoms with Crippen LogP contribution in [0.25, 0.3) is 0 Å². The van der Waals surface area contributed by atoms with E-state index >= 15 is 0 Å². The third-order valence-electron chi connectivity index (χ3n) is 8.47. The Hall–Kier alpha value is -6.32. The third kappa shape index (κ3) is 11.9. The minimum absolute atomic E-state index is 0.0777. The summed E-state index contributed by atoms with van der Waals surface area (Å²) < 4.78 is 0. The molecule has 0 aliphatic heterocycles. The van der Waals surface area contributed by atoms with Crippen LogP contribution in [0.1, 0.15) is 45.7 Å². The predicted octanol–water partition coefficient (Wildman–Crippen LogP) is 10.3. The first-order valence-corrected chi connectivity index (χ1v) is 19.6. The lowest BCUT2D eigenvalue weighted by Crippen LogP contribution is -2.32. The van der Waals surface area contributed by atoms with E-state index in [0.29, 0.717) is 22.5 Å². The maximum atomic E-state index is 13.1. The number of Topliss-reactive ketones (excluding diaryl/α,β-unsaturated/α-hetero) is 2. The van der Waals surface area contributed by atoms with E-state index in [9.17, 15) is 28.8 Å². The SMILES string of the molecule is CC(=O)C(N=Nc1ccc(Cl)c(C(=O)Nc2ccccc2CCl)c1)C(=O)Nc1ccc(NC(=O)C(N=Nc2ccc(Cl)c(C(=O)Nc3ccccc3CCl)c2)C(C)=O)cc1. The van der Waals surface area contributed by atoms with Crippen LogP contribution in [-0.4, -0.2) is 47.3 Å². The number of anilines is 4. The molecule has 0 fully saturated rings. The molecule has 2 unspecified atom stereocenters. The van der Waals surface area contributed by atoms with Crippen LogP contribution in [0.3, 0.4) is 0 Å². The first-order chi connectivity index (χ1) is 28.8. The van der Waals surface area contributed by atoms with E-state index in [2.05, 4.69) is 41.7 Å². The van der Waals surface area contributed by atoms with E-state index in [0.717, 1.165) is 0 Å². The Morgan fingerprint density at radius 1 is 0.517 bits per heavy atom. The number of carbonyl (C=O) groups is 6. The number of nitrogens with zero attached hydrogens (tertiary/aromatic N) is 4. The van der Waals surface area contributed by atoms with E-state index in [4.69, 9.17) is 46.4 Å². The zero-order chi connectivity index (χ0) is 43.3. The molecule has 0 aliphatic carbocycles. The molecule has 0 aliphatic rings. The molecule has 4 amide bonds. The minimum Gasteiger partial charge on any atom is -0.324 e. The molecule has 0 radical (unpaired) electrons. The van der Waals surface area contributed by atoms with Gasteiger partial charge in [0.25, 0.3) is 23.6 Å². The molecular weight excluding hydrogens is 854 g/mol. The highest BCUT2D eigenvalue weighted by molar-refractivity contribution is 6.35. The summed E-state index contributed by atoms with van der Waals surface area (Å²) in [5.41, 5.74) is 3.39. The van der Waals surface area contributed by atoms with Crippen molar-refractivity contribution < 1.29 is 28.8 Å². The second-order valence-electron chi connectivity index (χ2n) is 12.8. The summed E-state index contributed by atoms with van der Waals surface area (Å²) in [7, 11) is 0. The summed E-state index contributed by atoms with van der Waals surface area (Å²) in [6.07, 6.45) is 0. The van der Waals surface area contributed by atoms with Gasteiger partial charge in [0.05, 0.1) is 32.5 Å². The number of benzene rings is 5. The number of hydrogen-bond donors (Lipinski definition) is 4. The van der Waals surface area contributed by atoms with Crippen molar-refractivity contribution in [2.75, 3.05) is 21.3 Å². The van der Waals surface area contributed by atoms with Gasteiger partial charge in [-0.1, -0.05) is 59.6 Å². The number of halogens is 4. The van der Waals surface area contributed by atoms with Gasteiger partial charge in [-0.15, -0.1) is 23.2 Å². The van der Waals surface area contributed by atoms with Crippen LogP contribution in [0, 0.1) is 0 Å². The van der Waals surface area contributed by atoms with Gasteiger partial charge >= 0.3 is 0 Å². The maximum absolute atomic E-state index is 13.1. The number of rotatable bonds is 16. The molecule has 2 atom stereocenters. The van der Waals surface area contributed by atoms with E-state index in [1.54, 1.807) is 48.5 Å². The Kier molecular flexibility index (Phi) is 15.7. The molecule has 5 rings (SSSR count). The van der Waals surface area contributed by atoms with Gasteiger partial charge in [0.2, 0.25) is 12.1 Å². The van der Waals surface area contributed by atoms with Crippen molar-refractivity contribution in [1.29, 1.82) is 0 Å². The van der Waals surface area contributed by atoms with E-state index in [-0.39, 0.29) is 55.7 Å². The van der Waals surface area contributed by atoms with Gasteiger partial charge in [-0.25, -0.2) is 0 Å². The number of azo groups is 2. The van der Waals surface area contributed by atoms with Crippen LogP contribution in [-0.2, 0) is 30.9 Å². The Bertz CT molecular complexity index is 2340. The molecule has 18 heteroatoms. The Balaban J connectivity index is 1.21. The zero-order valence-electron chi connectivity index (χ0n) is 31.7.